The molecule has 0 radical (unpaired) electrons. The molecule has 4 aromatic rings. The first-order chi connectivity index (χ1) is 22.0. The summed E-state index contributed by atoms with van der Waals surface area (Å²) in [6.07, 6.45) is 1.15. The molecule has 2 unspecified atom stereocenters. The van der Waals surface area contributed by atoms with E-state index in [1.807, 2.05) is 149 Å². The average molecular weight is 621 g/mol. The van der Waals surface area contributed by atoms with E-state index in [2.05, 4.69) is 10.6 Å². The predicted molar refractivity (Wildman–Crippen MR) is 184 cm³/mol. The Morgan fingerprint density at radius 3 is 0.891 bits per heavy atom. The number of benzene rings is 4. The molecule has 0 spiro atoms. The van der Waals surface area contributed by atoms with Gasteiger partial charge in [-0.15, -0.1) is 0 Å². The van der Waals surface area contributed by atoms with Gasteiger partial charge in [0.05, 0.1) is 23.3 Å². The first kappa shape index (κ1) is 34.6. The zero-order valence-corrected chi connectivity index (χ0v) is 27.4. The topological polar surface area (TPSA) is 98.7 Å². The molecule has 46 heavy (non-hydrogen) atoms. The summed E-state index contributed by atoms with van der Waals surface area (Å²) in [7, 11) is 0. The highest BCUT2D eigenvalue weighted by atomic mass is 16.3. The third-order valence-electron chi connectivity index (χ3n) is 8.68. The van der Waals surface area contributed by atoms with Crippen molar-refractivity contribution in [2.75, 3.05) is 0 Å². The van der Waals surface area contributed by atoms with Gasteiger partial charge in [-0.2, -0.15) is 0 Å². The second-order valence-corrected chi connectivity index (χ2v) is 13.2. The Morgan fingerprint density at radius 1 is 0.478 bits per heavy atom. The van der Waals surface area contributed by atoms with Crippen LogP contribution < -0.4 is 10.6 Å². The third kappa shape index (κ3) is 9.38. The SMILES string of the molecule is CC(C)C(NC(=O)C(=O)NC(C(C)C)C(O)(Cc1ccccc1)Cc1ccccc1)C(O)(Cc1ccccc1)Cc1ccccc1. The van der Waals surface area contributed by atoms with Crippen molar-refractivity contribution in [3.8, 4) is 0 Å². The van der Waals surface area contributed by atoms with Crippen LogP contribution in [0.5, 0.6) is 0 Å². The smallest absolute Gasteiger partial charge is 0.309 e. The van der Waals surface area contributed by atoms with Gasteiger partial charge in [0.2, 0.25) is 0 Å². The van der Waals surface area contributed by atoms with Gasteiger partial charge in [-0.05, 0) is 34.1 Å². The number of hydrogen-bond acceptors (Lipinski definition) is 4. The highest BCUT2D eigenvalue weighted by Gasteiger charge is 2.43. The minimum absolute atomic E-state index is 0.192. The summed E-state index contributed by atoms with van der Waals surface area (Å²) >= 11 is 0. The maximum absolute atomic E-state index is 13.7. The summed E-state index contributed by atoms with van der Waals surface area (Å²) in [5.41, 5.74) is 0.945. The Morgan fingerprint density at radius 2 is 0.696 bits per heavy atom. The summed E-state index contributed by atoms with van der Waals surface area (Å²) < 4.78 is 0. The average Bonchev–Trinajstić information content (AvgIpc) is 3.03. The summed E-state index contributed by atoms with van der Waals surface area (Å²) in [4.78, 5) is 27.4. The monoisotopic (exact) mass is 620 g/mol. The lowest BCUT2D eigenvalue weighted by Crippen LogP contribution is -2.63. The molecule has 6 heteroatoms. The molecule has 2 amide bonds. The van der Waals surface area contributed by atoms with Gasteiger partial charge >= 0.3 is 11.8 Å². The van der Waals surface area contributed by atoms with Crippen LogP contribution in [-0.2, 0) is 35.3 Å². The molecule has 0 heterocycles. The van der Waals surface area contributed by atoms with E-state index in [1.54, 1.807) is 0 Å². The molecule has 4 N–H and O–H groups in total. The van der Waals surface area contributed by atoms with Crippen molar-refractivity contribution in [2.24, 2.45) is 11.8 Å². The lowest BCUT2D eigenvalue weighted by molar-refractivity contribution is -0.143. The molecule has 4 rings (SSSR count). The summed E-state index contributed by atoms with van der Waals surface area (Å²) in [6, 6.07) is 37.2. The van der Waals surface area contributed by atoms with E-state index in [0.717, 1.165) is 22.3 Å². The van der Waals surface area contributed by atoms with Gasteiger partial charge in [-0.25, -0.2) is 0 Å². The van der Waals surface area contributed by atoms with E-state index in [1.165, 1.54) is 0 Å². The van der Waals surface area contributed by atoms with Crippen LogP contribution in [0.15, 0.2) is 121 Å². The summed E-state index contributed by atoms with van der Waals surface area (Å²) in [5.74, 6) is -2.07. The number of rotatable bonds is 14. The largest absolute Gasteiger partial charge is 0.387 e. The van der Waals surface area contributed by atoms with Crippen molar-refractivity contribution in [3.63, 3.8) is 0 Å². The quantitative estimate of drug-likeness (QED) is 0.136. The van der Waals surface area contributed by atoms with E-state index in [4.69, 9.17) is 0 Å². The van der Waals surface area contributed by atoms with Crippen molar-refractivity contribution < 1.29 is 19.8 Å². The summed E-state index contributed by atoms with van der Waals surface area (Å²) in [5, 5.41) is 30.5. The van der Waals surface area contributed by atoms with Crippen molar-refractivity contribution in [3.05, 3.63) is 144 Å². The molecule has 4 aromatic carbocycles. The van der Waals surface area contributed by atoms with Gasteiger partial charge in [-0.3, -0.25) is 9.59 Å². The van der Waals surface area contributed by atoms with Gasteiger partial charge < -0.3 is 20.8 Å². The molecule has 0 saturated heterocycles. The number of carbonyl (C=O) groups is 2. The van der Waals surface area contributed by atoms with E-state index < -0.39 is 35.1 Å². The van der Waals surface area contributed by atoms with Crippen molar-refractivity contribution in [2.45, 2.75) is 76.7 Å². The highest BCUT2D eigenvalue weighted by molar-refractivity contribution is 6.35. The predicted octanol–water partition coefficient (Wildman–Crippen LogP) is 5.70. The zero-order valence-electron chi connectivity index (χ0n) is 27.4. The second-order valence-electron chi connectivity index (χ2n) is 13.2. The van der Waals surface area contributed by atoms with E-state index >= 15 is 0 Å². The van der Waals surface area contributed by atoms with Crippen LogP contribution in [0.4, 0.5) is 0 Å². The summed E-state index contributed by atoms with van der Waals surface area (Å²) in [6.45, 7) is 7.72. The molecule has 0 aliphatic heterocycles. The second kappa shape index (κ2) is 15.8. The number of hydrogen-bond donors (Lipinski definition) is 4. The molecule has 0 aliphatic rings. The van der Waals surface area contributed by atoms with Crippen molar-refractivity contribution in [1.82, 2.24) is 10.6 Å². The fourth-order valence-corrected chi connectivity index (χ4v) is 6.62. The van der Waals surface area contributed by atoms with E-state index in [9.17, 15) is 19.8 Å². The van der Waals surface area contributed by atoms with E-state index in [0.29, 0.717) is 0 Å². The van der Waals surface area contributed by atoms with Crippen LogP contribution >= 0.6 is 0 Å². The molecule has 0 bridgehead atoms. The first-order valence-electron chi connectivity index (χ1n) is 16.2. The minimum Gasteiger partial charge on any atom is -0.387 e. The Labute approximate surface area is 273 Å². The first-order valence-corrected chi connectivity index (χ1v) is 16.2. The molecular weight excluding hydrogens is 572 g/mol. The van der Waals surface area contributed by atoms with Crippen molar-refractivity contribution in [1.29, 1.82) is 0 Å². The van der Waals surface area contributed by atoms with Gasteiger partial charge in [-0.1, -0.05) is 149 Å². The zero-order chi connectivity index (χ0) is 33.2. The Bertz CT molecular complexity index is 1310. The lowest BCUT2D eigenvalue weighted by Gasteiger charge is -2.41. The van der Waals surface area contributed by atoms with Crippen LogP contribution in [0.1, 0.15) is 49.9 Å². The van der Waals surface area contributed by atoms with Crippen LogP contribution in [0.3, 0.4) is 0 Å². The van der Waals surface area contributed by atoms with Gasteiger partial charge in [0.1, 0.15) is 0 Å². The standard InChI is InChI=1S/C40H48N2O4/c1-29(2)35(39(45,25-31-17-9-5-10-18-31)26-32-19-11-6-12-20-32)41-37(43)38(44)42-36(30(3)4)40(46,27-33-21-13-7-14-22-33)28-34-23-15-8-16-24-34/h5-24,29-30,35-36,45-46H,25-28H2,1-4H3,(H,41,43)(H,42,44). The minimum atomic E-state index is -1.38. The molecule has 0 fully saturated rings. The van der Waals surface area contributed by atoms with Crippen LogP contribution in [0.25, 0.3) is 0 Å². The van der Waals surface area contributed by atoms with Crippen LogP contribution in [-0.4, -0.2) is 45.3 Å². The third-order valence-corrected chi connectivity index (χ3v) is 8.68. The Balaban J connectivity index is 1.60. The number of carbonyl (C=O) groups excluding carboxylic acids is 2. The van der Waals surface area contributed by atoms with Crippen LogP contribution in [0, 0.1) is 11.8 Å². The fraction of sp³-hybridized carbons (Fsp3) is 0.350. The normalized spacial score (nSPS) is 13.3. The molecular formula is C40H48N2O4. The number of nitrogens with one attached hydrogen (secondary N) is 2. The molecule has 0 aromatic heterocycles. The maximum atomic E-state index is 13.7. The van der Waals surface area contributed by atoms with Gasteiger partial charge in [0.25, 0.3) is 0 Å². The molecule has 6 nitrogen and oxygen atoms in total. The Hall–Kier alpha value is -4.26. The lowest BCUT2D eigenvalue weighted by atomic mass is 9.77. The molecule has 0 saturated carbocycles. The maximum Gasteiger partial charge on any atom is 0.309 e. The number of amides is 2. The number of aliphatic hydroxyl groups is 2. The molecule has 2 atom stereocenters. The van der Waals surface area contributed by atoms with Crippen molar-refractivity contribution >= 4 is 11.8 Å². The van der Waals surface area contributed by atoms with E-state index in [-0.39, 0.29) is 37.5 Å². The van der Waals surface area contributed by atoms with Gasteiger partial charge in [0.15, 0.2) is 0 Å². The fourth-order valence-electron chi connectivity index (χ4n) is 6.62. The molecule has 242 valence electrons. The van der Waals surface area contributed by atoms with Crippen LogP contribution in [0.2, 0.25) is 0 Å². The van der Waals surface area contributed by atoms with Gasteiger partial charge in [0, 0.05) is 25.7 Å². The molecule has 0 aliphatic carbocycles. The highest BCUT2D eigenvalue weighted by Crippen LogP contribution is 2.29. The Kier molecular flexibility index (Phi) is 11.9.